The molecule has 4 aromatic carbocycles. The lowest BCUT2D eigenvalue weighted by Gasteiger charge is -2.34. The molecule has 1 aliphatic heterocycles. The van der Waals surface area contributed by atoms with Crippen molar-refractivity contribution >= 4 is 0 Å². The van der Waals surface area contributed by atoms with Gasteiger partial charge in [0.25, 0.3) is 0 Å². The van der Waals surface area contributed by atoms with Gasteiger partial charge in [0.05, 0.1) is 47.3 Å². The molecule has 8 nitrogen and oxygen atoms in total. The molecule has 0 bridgehead atoms. The zero-order valence-corrected chi connectivity index (χ0v) is 25.1. The van der Waals surface area contributed by atoms with Gasteiger partial charge in [-0.3, -0.25) is 0 Å². The highest BCUT2D eigenvalue weighted by Crippen LogP contribution is 2.36. The molecule has 44 heavy (non-hydrogen) atoms. The zero-order chi connectivity index (χ0) is 30.6. The van der Waals surface area contributed by atoms with Crippen LogP contribution in [0.1, 0.15) is 28.5 Å². The summed E-state index contributed by atoms with van der Waals surface area (Å²) in [4.78, 5) is 0. The van der Waals surface area contributed by atoms with Crippen molar-refractivity contribution in [2.24, 2.45) is 0 Å². The molecule has 5 atom stereocenters. The lowest BCUT2D eigenvalue weighted by atomic mass is 10.0. The van der Waals surface area contributed by atoms with Crippen molar-refractivity contribution in [3.63, 3.8) is 0 Å². The molecule has 5 rings (SSSR count). The van der Waals surface area contributed by atoms with Gasteiger partial charge in [0, 0.05) is 5.56 Å². The Hall–Kier alpha value is -3.76. The fourth-order valence-corrected chi connectivity index (χ4v) is 5.10. The van der Waals surface area contributed by atoms with Crippen molar-refractivity contribution in [2.45, 2.75) is 50.5 Å². The van der Waals surface area contributed by atoms with Crippen LogP contribution in [0.15, 0.2) is 109 Å². The second kappa shape index (κ2) is 16.4. The Balaban J connectivity index is 1.36. The lowest BCUT2D eigenvalue weighted by Crippen LogP contribution is -2.50. The first-order valence-electron chi connectivity index (χ1n) is 14.7. The fraction of sp³-hybridized carbons (Fsp3) is 0.333. The molecule has 1 saturated heterocycles. The van der Waals surface area contributed by atoms with Crippen LogP contribution in [-0.2, 0) is 43.5 Å². The zero-order valence-electron chi connectivity index (χ0n) is 25.1. The molecule has 0 amide bonds. The van der Waals surface area contributed by atoms with Crippen LogP contribution < -0.4 is 9.47 Å². The SMILES string of the molecule is COc1ccc(C2OC[C@@H]([C@@H](OCc3ccccc3)[C@H](OCc3ccccc3)[C@H](O)COCc3ccccc3)O2)cc1OC. The number of rotatable bonds is 16. The van der Waals surface area contributed by atoms with Crippen LogP contribution in [-0.4, -0.2) is 57.0 Å². The molecule has 0 aromatic heterocycles. The third-order valence-electron chi connectivity index (χ3n) is 7.43. The minimum atomic E-state index is -1.01. The van der Waals surface area contributed by atoms with Crippen LogP contribution in [0.4, 0.5) is 0 Å². The van der Waals surface area contributed by atoms with Crippen molar-refractivity contribution in [1.82, 2.24) is 0 Å². The van der Waals surface area contributed by atoms with Crippen LogP contribution in [0.2, 0.25) is 0 Å². The summed E-state index contributed by atoms with van der Waals surface area (Å²) >= 11 is 0. The highest BCUT2D eigenvalue weighted by atomic mass is 16.7. The van der Waals surface area contributed by atoms with Crippen molar-refractivity contribution in [3.8, 4) is 11.5 Å². The van der Waals surface area contributed by atoms with Crippen molar-refractivity contribution in [3.05, 3.63) is 131 Å². The highest BCUT2D eigenvalue weighted by molar-refractivity contribution is 5.43. The Morgan fingerprint density at radius 1 is 0.705 bits per heavy atom. The molecule has 0 aliphatic carbocycles. The van der Waals surface area contributed by atoms with E-state index in [1.807, 2.05) is 109 Å². The van der Waals surface area contributed by atoms with E-state index in [9.17, 15) is 5.11 Å². The summed E-state index contributed by atoms with van der Waals surface area (Å²) in [7, 11) is 3.18. The molecular formula is C36H40O8. The number of methoxy groups -OCH3 is 2. The van der Waals surface area contributed by atoms with Crippen LogP contribution >= 0.6 is 0 Å². The maximum atomic E-state index is 11.5. The first-order chi connectivity index (χ1) is 21.6. The van der Waals surface area contributed by atoms with E-state index >= 15 is 0 Å². The van der Waals surface area contributed by atoms with E-state index in [1.165, 1.54) is 0 Å². The molecule has 1 fully saturated rings. The van der Waals surface area contributed by atoms with Crippen molar-refractivity contribution in [2.75, 3.05) is 27.4 Å². The summed E-state index contributed by atoms with van der Waals surface area (Å²) in [6.07, 6.45) is -3.68. The Kier molecular flexibility index (Phi) is 11.8. The Bertz CT molecular complexity index is 1390. The molecule has 1 unspecified atom stereocenters. The average molecular weight is 601 g/mol. The van der Waals surface area contributed by atoms with Crippen LogP contribution in [0.5, 0.6) is 11.5 Å². The smallest absolute Gasteiger partial charge is 0.184 e. The molecule has 4 aromatic rings. The van der Waals surface area contributed by atoms with E-state index < -0.39 is 30.7 Å². The topological polar surface area (TPSA) is 84.8 Å². The van der Waals surface area contributed by atoms with Gasteiger partial charge in [-0.15, -0.1) is 0 Å². The molecule has 1 N–H and O–H groups in total. The Morgan fingerprint density at radius 2 is 1.27 bits per heavy atom. The van der Waals surface area contributed by atoms with Crippen LogP contribution in [0, 0.1) is 0 Å². The maximum Gasteiger partial charge on any atom is 0.184 e. The summed E-state index contributed by atoms with van der Waals surface area (Å²) in [5, 5.41) is 11.5. The Labute approximate surface area is 259 Å². The van der Waals surface area contributed by atoms with Crippen molar-refractivity contribution in [1.29, 1.82) is 0 Å². The number of aliphatic hydroxyl groups is 1. The number of benzene rings is 4. The van der Waals surface area contributed by atoms with Gasteiger partial charge in [0.1, 0.15) is 24.4 Å². The monoisotopic (exact) mass is 600 g/mol. The van der Waals surface area contributed by atoms with E-state index in [0.29, 0.717) is 24.7 Å². The van der Waals surface area contributed by atoms with E-state index in [1.54, 1.807) is 14.2 Å². The molecular weight excluding hydrogens is 560 g/mol. The summed E-state index contributed by atoms with van der Waals surface area (Å²) in [6.45, 7) is 1.23. The van der Waals surface area contributed by atoms with Gasteiger partial charge in [-0.1, -0.05) is 97.1 Å². The Morgan fingerprint density at radius 3 is 1.86 bits per heavy atom. The molecule has 8 heteroatoms. The van der Waals surface area contributed by atoms with Crippen LogP contribution in [0.3, 0.4) is 0 Å². The number of hydrogen-bond donors (Lipinski definition) is 1. The van der Waals surface area contributed by atoms with Gasteiger partial charge in [0.2, 0.25) is 0 Å². The summed E-state index contributed by atoms with van der Waals surface area (Å²) in [6, 6.07) is 35.1. The summed E-state index contributed by atoms with van der Waals surface area (Å²) in [5.74, 6) is 1.19. The van der Waals surface area contributed by atoms with Crippen molar-refractivity contribution < 1.29 is 38.3 Å². The lowest BCUT2D eigenvalue weighted by molar-refractivity contribution is -0.183. The number of hydrogen-bond acceptors (Lipinski definition) is 8. The van der Waals surface area contributed by atoms with Gasteiger partial charge >= 0.3 is 0 Å². The van der Waals surface area contributed by atoms with E-state index in [-0.39, 0.29) is 19.8 Å². The van der Waals surface area contributed by atoms with Gasteiger partial charge in [0.15, 0.2) is 17.8 Å². The first-order valence-corrected chi connectivity index (χ1v) is 14.7. The first kappa shape index (κ1) is 31.7. The number of ether oxygens (including phenoxy) is 7. The maximum absolute atomic E-state index is 11.5. The minimum Gasteiger partial charge on any atom is -0.493 e. The molecule has 0 spiro atoms. The largest absolute Gasteiger partial charge is 0.493 e. The second-order valence-corrected chi connectivity index (χ2v) is 10.5. The van der Waals surface area contributed by atoms with Gasteiger partial charge in [-0.05, 0) is 28.8 Å². The molecule has 232 valence electrons. The van der Waals surface area contributed by atoms with Gasteiger partial charge < -0.3 is 38.3 Å². The van der Waals surface area contributed by atoms with Gasteiger partial charge in [-0.25, -0.2) is 0 Å². The normalized spacial score (nSPS) is 18.4. The predicted octanol–water partition coefficient (Wildman–Crippen LogP) is 5.87. The molecule has 1 heterocycles. The van der Waals surface area contributed by atoms with E-state index in [2.05, 4.69) is 0 Å². The quantitative estimate of drug-likeness (QED) is 0.171. The second-order valence-electron chi connectivity index (χ2n) is 10.5. The predicted molar refractivity (Wildman–Crippen MR) is 165 cm³/mol. The third kappa shape index (κ3) is 8.66. The highest BCUT2D eigenvalue weighted by Gasteiger charge is 2.42. The summed E-state index contributed by atoms with van der Waals surface area (Å²) in [5.41, 5.74) is 3.76. The third-order valence-corrected chi connectivity index (χ3v) is 7.43. The molecule has 0 radical (unpaired) electrons. The fourth-order valence-electron chi connectivity index (χ4n) is 5.10. The summed E-state index contributed by atoms with van der Waals surface area (Å²) < 4.78 is 42.3. The van der Waals surface area contributed by atoms with Crippen LogP contribution in [0.25, 0.3) is 0 Å². The van der Waals surface area contributed by atoms with Gasteiger partial charge in [-0.2, -0.15) is 0 Å². The molecule has 0 saturated carbocycles. The van der Waals surface area contributed by atoms with E-state index in [0.717, 1.165) is 22.3 Å². The standard InChI is InChI=1S/C36H40O8/c1-38-31-19-18-29(20-32(31)39-2)36-43-25-33(44-36)35(42-23-28-16-10-5-11-17-28)34(41-22-27-14-8-4-9-15-27)30(37)24-40-21-26-12-6-3-7-13-26/h3-20,30,33-37H,21-25H2,1-2H3/t30-,33+,34-,35-,36?/m1/s1. The molecule has 1 aliphatic rings. The number of aliphatic hydroxyl groups excluding tert-OH is 1. The van der Waals surface area contributed by atoms with E-state index in [4.69, 9.17) is 33.2 Å². The average Bonchev–Trinajstić information content (AvgIpc) is 3.57. The minimum absolute atomic E-state index is 0.0478.